The molecule has 124 valence electrons. The molecule has 0 aliphatic carbocycles. The number of rotatable bonds is 3. The third-order valence-corrected chi connectivity index (χ3v) is 4.17. The molecule has 0 saturated carbocycles. The van der Waals surface area contributed by atoms with Gasteiger partial charge in [0.15, 0.2) is 23.1 Å². The molecule has 0 unspecified atom stereocenters. The first-order valence-corrected chi connectivity index (χ1v) is 7.72. The van der Waals surface area contributed by atoms with Crippen LogP contribution >= 0.6 is 0 Å². The first-order valence-electron chi connectivity index (χ1n) is 7.72. The summed E-state index contributed by atoms with van der Waals surface area (Å²) in [5.41, 5.74) is 0.977. The lowest BCUT2D eigenvalue weighted by Gasteiger charge is -2.35. The van der Waals surface area contributed by atoms with Crippen molar-refractivity contribution in [3.63, 3.8) is 0 Å². The van der Waals surface area contributed by atoms with Gasteiger partial charge in [0.25, 0.3) is 0 Å². The van der Waals surface area contributed by atoms with Crippen molar-refractivity contribution in [2.75, 3.05) is 31.3 Å². The number of pyridine rings is 1. The van der Waals surface area contributed by atoms with Crippen molar-refractivity contribution in [1.82, 2.24) is 9.88 Å². The van der Waals surface area contributed by atoms with Crippen molar-refractivity contribution < 1.29 is 18.7 Å². The Bertz CT molecular complexity index is 783. The Morgan fingerprint density at radius 1 is 1.17 bits per heavy atom. The van der Waals surface area contributed by atoms with Crippen LogP contribution in [0.1, 0.15) is 5.56 Å². The second kappa shape index (κ2) is 5.99. The van der Waals surface area contributed by atoms with Gasteiger partial charge in [-0.05, 0) is 29.8 Å². The van der Waals surface area contributed by atoms with Gasteiger partial charge >= 0.3 is 0 Å². The van der Waals surface area contributed by atoms with Gasteiger partial charge < -0.3 is 19.3 Å². The fraction of sp³-hybridized carbons (Fsp3) is 0.294. The lowest BCUT2D eigenvalue weighted by Crippen LogP contribution is -2.50. The number of piperazine rings is 1. The molecule has 24 heavy (non-hydrogen) atoms. The number of fused-ring (bicyclic) bond motifs is 1. The minimum atomic E-state index is -0.408. The number of carbonyl (C=O) groups is 1. The van der Waals surface area contributed by atoms with Gasteiger partial charge in [-0.3, -0.25) is 4.79 Å². The van der Waals surface area contributed by atoms with E-state index in [4.69, 9.17) is 9.47 Å². The molecule has 0 N–H and O–H groups in total. The zero-order chi connectivity index (χ0) is 16.5. The molecule has 2 aliphatic rings. The van der Waals surface area contributed by atoms with Crippen LogP contribution in [0.4, 0.5) is 10.2 Å². The summed E-state index contributed by atoms with van der Waals surface area (Å²) in [6.45, 7) is 1.91. The zero-order valence-electron chi connectivity index (χ0n) is 12.9. The first kappa shape index (κ1) is 14.7. The highest BCUT2D eigenvalue weighted by atomic mass is 19.1. The van der Waals surface area contributed by atoms with E-state index in [1.54, 1.807) is 9.80 Å². The Morgan fingerprint density at radius 2 is 2.04 bits per heavy atom. The molecule has 2 aromatic rings. The van der Waals surface area contributed by atoms with Gasteiger partial charge in [0.2, 0.25) is 12.7 Å². The molecule has 1 aromatic heterocycles. The number of amides is 1. The van der Waals surface area contributed by atoms with E-state index in [9.17, 15) is 9.18 Å². The molecule has 6 nitrogen and oxygen atoms in total. The van der Waals surface area contributed by atoms with Crippen molar-refractivity contribution in [3.8, 4) is 11.5 Å². The van der Waals surface area contributed by atoms with Crippen molar-refractivity contribution in [2.45, 2.75) is 6.54 Å². The normalized spacial score (nSPS) is 16.6. The minimum absolute atomic E-state index is 0.0519. The fourth-order valence-corrected chi connectivity index (χ4v) is 2.93. The largest absolute Gasteiger partial charge is 0.454 e. The quantitative estimate of drug-likeness (QED) is 0.859. The van der Waals surface area contributed by atoms with E-state index in [-0.39, 0.29) is 25.1 Å². The van der Waals surface area contributed by atoms with Gasteiger partial charge in [0, 0.05) is 25.8 Å². The standard InChI is InChI=1S/C17H16FN3O3/c18-13-2-1-5-19-17(13)21-7-6-20(16(22)10-21)9-12-3-4-14-15(8-12)24-11-23-14/h1-5,8H,6-7,9-11H2. The Kier molecular flexibility index (Phi) is 3.68. The van der Waals surface area contributed by atoms with E-state index in [1.165, 1.54) is 18.3 Å². The molecule has 1 fully saturated rings. The van der Waals surface area contributed by atoms with Crippen molar-refractivity contribution in [3.05, 3.63) is 47.9 Å². The van der Waals surface area contributed by atoms with Crippen LogP contribution in [0.2, 0.25) is 0 Å². The van der Waals surface area contributed by atoms with Crippen LogP contribution in [-0.2, 0) is 11.3 Å². The van der Waals surface area contributed by atoms with Gasteiger partial charge in [-0.25, -0.2) is 9.37 Å². The number of benzene rings is 1. The van der Waals surface area contributed by atoms with E-state index in [0.29, 0.717) is 25.4 Å². The second-order valence-corrected chi connectivity index (χ2v) is 5.73. The highest BCUT2D eigenvalue weighted by Crippen LogP contribution is 2.33. The number of hydrogen-bond acceptors (Lipinski definition) is 5. The van der Waals surface area contributed by atoms with Crippen LogP contribution in [-0.4, -0.2) is 42.2 Å². The fourth-order valence-electron chi connectivity index (χ4n) is 2.93. The zero-order valence-corrected chi connectivity index (χ0v) is 12.9. The van der Waals surface area contributed by atoms with Gasteiger partial charge in [0.1, 0.15) is 0 Å². The summed E-state index contributed by atoms with van der Waals surface area (Å²) in [7, 11) is 0. The van der Waals surface area contributed by atoms with Crippen LogP contribution in [0.25, 0.3) is 0 Å². The molecule has 4 rings (SSSR count). The Morgan fingerprint density at radius 3 is 2.88 bits per heavy atom. The van der Waals surface area contributed by atoms with Crippen molar-refractivity contribution in [2.24, 2.45) is 0 Å². The summed E-state index contributed by atoms with van der Waals surface area (Å²) in [6, 6.07) is 8.55. The summed E-state index contributed by atoms with van der Waals surface area (Å²) in [6.07, 6.45) is 1.53. The summed E-state index contributed by atoms with van der Waals surface area (Å²) in [5, 5.41) is 0. The predicted molar refractivity (Wildman–Crippen MR) is 84.4 cm³/mol. The lowest BCUT2D eigenvalue weighted by molar-refractivity contribution is -0.131. The number of ether oxygens (including phenoxy) is 2. The highest BCUT2D eigenvalue weighted by molar-refractivity contribution is 5.82. The molecule has 1 aromatic carbocycles. The average Bonchev–Trinajstić information content (AvgIpc) is 3.05. The number of carbonyl (C=O) groups excluding carboxylic acids is 1. The SMILES string of the molecule is O=C1CN(c2ncccc2F)CCN1Cc1ccc2c(c1)OCO2. The van der Waals surface area contributed by atoms with E-state index in [0.717, 1.165) is 11.3 Å². The van der Waals surface area contributed by atoms with E-state index < -0.39 is 5.82 Å². The van der Waals surface area contributed by atoms with Crippen molar-refractivity contribution >= 4 is 11.7 Å². The number of hydrogen-bond donors (Lipinski definition) is 0. The van der Waals surface area contributed by atoms with Gasteiger partial charge in [-0.1, -0.05) is 6.07 Å². The number of nitrogens with zero attached hydrogens (tertiary/aromatic N) is 3. The average molecular weight is 329 g/mol. The first-order chi connectivity index (χ1) is 11.7. The maximum Gasteiger partial charge on any atom is 0.242 e. The third kappa shape index (κ3) is 2.73. The molecule has 1 amide bonds. The topological polar surface area (TPSA) is 54.9 Å². The van der Waals surface area contributed by atoms with Crippen LogP contribution < -0.4 is 14.4 Å². The number of anilines is 1. The molecule has 3 heterocycles. The molecular weight excluding hydrogens is 313 g/mol. The Labute approximate surface area is 138 Å². The lowest BCUT2D eigenvalue weighted by atomic mass is 10.1. The van der Waals surface area contributed by atoms with Crippen LogP contribution in [0.3, 0.4) is 0 Å². The molecule has 0 radical (unpaired) electrons. The highest BCUT2D eigenvalue weighted by Gasteiger charge is 2.26. The van der Waals surface area contributed by atoms with Crippen LogP contribution in [0.5, 0.6) is 11.5 Å². The molecule has 0 spiro atoms. The molecule has 7 heteroatoms. The molecule has 1 saturated heterocycles. The minimum Gasteiger partial charge on any atom is -0.454 e. The Hall–Kier alpha value is -2.83. The van der Waals surface area contributed by atoms with Gasteiger partial charge in [-0.2, -0.15) is 0 Å². The maximum atomic E-state index is 13.8. The molecule has 0 bridgehead atoms. The smallest absolute Gasteiger partial charge is 0.242 e. The molecule has 0 atom stereocenters. The molecular formula is C17H16FN3O3. The van der Waals surface area contributed by atoms with Crippen LogP contribution in [0, 0.1) is 5.82 Å². The van der Waals surface area contributed by atoms with E-state index in [1.807, 2.05) is 18.2 Å². The van der Waals surface area contributed by atoms with Crippen LogP contribution in [0.15, 0.2) is 36.5 Å². The van der Waals surface area contributed by atoms with E-state index in [2.05, 4.69) is 4.98 Å². The van der Waals surface area contributed by atoms with Crippen molar-refractivity contribution in [1.29, 1.82) is 0 Å². The maximum absolute atomic E-state index is 13.8. The monoisotopic (exact) mass is 329 g/mol. The second-order valence-electron chi connectivity index (χ2n) is 5.73. The summed E-state index contributed by atoms with van der Waals surface area (Å²) >= 11 is 0. The summed E-state index contributed by atoms with van der Waals surface area (Å²) < 4.78 is 24.5. The number of halogens is 1. The number of aromatic nitrogens is 1. The Balaban J connectivity index is 1.44. The predicted octanol–water partition coefficient (Wildman–Crippen LogP) is 1.80. The summed E-state index contributed by atoms with van der Waals surface area (Å²) in [5.74, 6) is 1.20. The van der Waals surface area contributed by atoms with E-state index >= 15 is 0 Å². The summed E-state index contributed by atoms with van der Waals surface area (Å²) in [4.78, 5) is 19.9. The molecule has 2 aliphatic heterocycles. The third-order valence-electron chi connectivity index (χ3n) is 4.17. The van der Waals surface area contributed by atoms with Gasteiger partial charge in [0.05, 0.1) is 6.54 Å². The van der Waals surface area contributed by atoms with Gasteiger partial charge in [-0.15, -0.1) is 0 Å².